The van der Waals surface area contributed by atoms with Crippen LogP contribution >= 0.6 is 34.8 Å². The van der Waals surface area contributed by atoms with Crippen LogP contribution in [0.15, 0.2) is 24.4 Å². The Morgan fingerprint density at radius 2 is 1.79 bits per heavy atom. The van der Waals surface area contributed by atoms with Crippen molar-refractivity contribution in [1.29, 1.82) is 0 Å². The monoisotopic (exact) mass is 248 g/mol. The number of allylic oxidation sites excluding steroid dienone is 1. The zero-order valence-electron chi connectivity index (χ0n) is 7.36. The van der Waals surface area contributed by atoms with Gasteiger partial charge in [-0.15, -0.1) is 0 Å². The lowest BCUT2D eigenvalue weighted by molar-refractivity contribution is 1.38. The van der Waals surface area contributed by atoms with Gasteiger partial charge in [0.2, 0.25) is 0 Å². The Labute approximate surface area is 98.7 Å². The minimum Gasteiger partial charge on any atom is -0.360 e. The van der Waals surface area contributed by atoms with E-state index in [9.17, 15) is 0 Å². The molecule has 0 saturated heterocycles. The van der Waals surface area contributed by atoms with Gasteiger partial charge < -0.3 is 5.32 Å². The summed E-state index contributed by atoms with van der Waals surface area (Å²) in [5, 5.41) is 4.48. The molecule has 1 aromatic rings. The first-order valence-electron chi connectivity index (χ1n) is 4.00. The van der Waals surface area contributed by atoms with Crippen molar-refractivity contribution in [2.75, 3.05) is 5.32 Å². The summed E-state index contributed by atoms with van der Waals surface area (Å²) in [6.45, 7) is 3.66. The second-order valence-electron chi connectivity index (χ2n) is 2.58. The minimum atomic E-state index is 0.496. The highest BCUT2D eigenvalue weighted by atomic mass is 35.5. The van der Waals surface area contributed by atoms with Crippen LogP contribution in [-0.2, 0) is 0 Å². The molecule has 0 spiro atoms. The molecular weight excluding hydrogens is 240 g/mol. The minimum absolute atomic E-state index is 0.496. The second-order valence-corrected chi connectivity index (χ2v) is 3.83. The summed E-state index contributed by atoms with van der Waals surface area (Å²) in [5.74, 6) is 0. The Morgan fingerprint density at radius 3 is 2.29 bits per heavy atom. The van der Waals surface area contributed by atoms with Crippen molar-refractivity contribution in [3.8, 4) is 0 Å². The highest BCUT2D eigenvalue weighted by Crippen LogP contribution is 2.33. The molecule has 0 heterocycles. The number of nitrogens with one attached hydrogen (secondary N) is 1. The molecule has 0 aliphatic heterocycles. The Morgan fingerprint density at radius 1 is 1.21 bits per heavy atom. The normalized spacial score (nSPS) is 10.9. The van der Waals surface area contributed by atoms with Gasteiger partial charge in [0.1, 0.15) is 0 Å². The van der Waals surface area contributed by atoms with Crippen LogP contribution in [0, 0.1) is 6.92 Å². The van der Waals surface area contributed by atoms with E-state index in [1.807, 2.05) is 6.08 Å². The smallest absolute Gasteiger partial charge is 0.0759 e. The average molecular weight is 250 g/mol. The van der Waals surface area contributed by atoms with Gasteiger partial charge in [0.15, 0.2) is 0 Å². The molecule has 0 atom stereocenters. The van der Waals surface area contributed by atoms with E-state index in [1.165, 1.54) is 0 Å². The van der Waals surface area contributed by atoms with Gasteiger partial charge in [0, 0.05) is 5.02 Å². The van der Waals surface area contributed by atoms with Gasteiger partial charge in [-0.1, -0.05) is 40.9 Å². The maximum atomic E-state index is 5.93. The van der Waals surface area contributed by atoms with Crippen molar-refractivity contribution < 1.29 is 0 Å². The van der Waals surface area contributed by atoms with Gasteiger partial charge in [-0.3, -0.25) is 0 Å². The van der Waals surface area contributed by atoms with Crippen LogP contribution in [0.4, 0.5) is 5.69 Å². The third kappa shape index (κ3) is 3.09. The van der Waals surface area contributed by atoms with Gasteiger partial charge in [-0.2, -0.15) is 0 Å². The summed E-state index contributed by atoms with van der Waals surface area (Å²) >= 11 is 17.6. The molecule has 0 bridgehead atoms. The Bertz CT molecular complexity index is 324. The number of halogens is 3. The Kier molecular flexibility index (Phi) is 4.59. The molecule has 1 N–H and O–H groups in total. The molecule has 0 unspecified atom stereocenters. The maximum absolute atomic E-state index is 5.93. The molecular formula is C10H9Cl3N. The lowest BCUT2D eigenvalue weighted by atomic mass is 10.3. The third-order valence-corrected chi connectivity index (χ3v) is 2.33. The molecule has 1 rings (SSSR count). The Hall–Kier alpha value is -0.370. The predicted molar refractivity (Wildman–Crippen MR) is 64.2 cm³/mol. The summed E-state index contributed by atoms with van der Waals surface area (Å²) in [4.78, 5) is 0. The number of benzene rings is 1. The number of hydrogen-bond acceptors (Lipinski definition) is 1. The fourth-order valence-electron chi connectivity index (χ4n) is 0.906. The largest absolute Gasteiger partial charge is 0.360 e. The van der Waals surface area contributed by atoms with Crippen molar-refractivity contribution in [3.05, 3.63) is 46.4 Å². The molecule has 0 saturated carbocycles. The van der Waals surface area contributed by atoms with Crippen LogP contribution in [0.2, 0.25) is 15.1 Å². The standard InChI is InChI=1S/C10H9Cl3N/c1-2-3-4-14-10-8(12)5-7(11)6-9(10)13/h3-6,14H,1-2H2. The van der Waals surface area contributed by atoms with Gasteiger partial charge in [-0.05, 0) is 31.7 Å². The summed E-state index contributed by atoms with van der Waals surface area (Å²) in [7, 11) is 0. The van der Waals surface area contributed by atoms with Crippen LogP contribution in [0.1, 0.15) is 6.42 Å². The van der Waals surface area contributed by atoms with Crippen LogP contribution in [-0.4, -0.2) is 0 Å². The first-order valence-corrected chi connectivity index (χ1v) is 5.14. The summed E-state index contributed by atoms with van der Waals surface area (Å²) in [6.07, 6.45) is 4.31. The molecule has 0 fully saturated rings. The Balaban J connectivity index is 2.91. The summed E-state index contributed by atoms with van der Waals surface area (Å²) in [5.41, 5.74) is 0.655. The van der Waals surface area contributed by atoms with E-state index in [0.717, 1.165) is 0 Å². The van der Waals surface area contributed by atoms with Crippen molar-refractivity contribution in [1.82, 2.24) is 0 Å². The van der Waals surface area contributed by atoms with Crippen LogP contribution in [0.5, 0.6) is 0 Å². The SMILES string of the molecule is [CH2]CC=CNc1c(Cl)cc(Cl)cc1Cl. The molecule has 0 aromatic heterocycles. The molecule has 0 aliphatic carbocycles. The van der Waals surface area contributed by atoms with E-state index in [-0.39, 0.29) is 0 Å². The second kappa shape index (κ2) is 5.50. The molecule has 4 heteroatoms. The van der Waals surface area contributed by atoms with E-state index >= 15 is 0 Å². The number of anilines is 1. The fourth-order valence-corrected chi connectivity index (χ4v) is 1.83. The van der Waals surface area contributed by atoms with Gasteiger partial charge >= 0.3 is 0 Å². The molecule has 1 aromatic carbocycles. The molecule has 14 heavy (non-hydrogen) atoms. The highest BCUT2D eigenvalue weighted by Gasteiger charge is 2.05. The van der Waals surface area contributed by atoms with Crippen LogP contribution in [0.3, 0.4) is 0 Å². The summed E-state index contributed by atoms with van der Waals surface area (Å²) in [6, 6.07) is 3.27. The van der Waals surface area contributed by atoms with Crippen molar-refractivity contribution >= 4 is 40.5 Å². The van der Waals surface area contributed by atoms with Crippen molar-refractivity contribution in [3.63, 3.8) is 0 Å². The third-order valence-electron chi connectivity index (χ3n) is 1.52. The maximum Gasteiger partial charge on any atom is 0.0759 e. The zero-order chi connectivity index (χ0) is 10.6. The molecule has 1 radical (unpaired) electrons. The van der Waals surface area contributed by atoms with Crippen LogP contribution < -0.4 is 5.32 Å². The first kappa shape index (κ1) is 11.7. The van der Waals surface area contributed by atoms with Crippen LogP contribution in [0.25, 0.3) is 0 Å². The van der Waals surface area contributed by atoms with Gasteiger partial charge in [-0.25, -0.2) is 0 Å². The fraction of sp³-hybridized carbons (Fsp3) is 0.100. The van der Waals surface area contributed by atoms with E-state index in [2.05, 4.69) is 12.2 Å². The lowest BCUT2D eigenvalue weighted by Crippen LogP contribution is -1.89. The first-order chi connectivity index (χ1) is 6.65. The van der Waals surface area contributed by atoms with E-state index in [1.54, 1.807) is 18.3 Å². The molecule has 0 aliphatic rings. The average Bonchev–Trinajstić information content (AvgIpc) is 2.09. The van der Waals surface area contributed by atoms with Gasteiger partial charge in [0.05, 0.1) is 15.7 Å². The van der Waals surface area contributed by atoms with E-state index in [0.29, 0.717) is 27.2 Å². The van der Waals surface area contributed by atoms with E-state index < -0.39 is 0 Å². The number of rotatable bonds is 3. The van der Waals surface area contributed by atoms with Crippen molar-refractivity contribution in [2.24, 2.45) is 0 Å². The quantitative estimate of drug-likeness (QED) is 0.811. The van der Waals surface area contributed by atoms with Crippen molar-refractivity contribution in [2.45, 2.75) is 6.42 Å². The topological polar surface area (TPSA) is 12.0 Å². The molecule has 1 nitrogen and oxygen atoms in total. The van der Waals surface area contributed by atoms with E-state index in [4.69, 9.17) is 34.8 Å². The predicted octanol–water partition coefficient (Wildman–Crippen LogP) is 4.80. The molecule has 0 amide bonds. The number of hydrogen-bond donors (Lipinski definition) is 1. The molecule has 75 valence electrons. The highest BCUT2D eigenvalue weighted by molar-refractivity contribution is 6.41. The van der Waals surface area contributed by atoms with Gasteiger partial charge in [0.25, 0.3) is 0 Å². The summed E-state index contributed by atoms with van der Waals surface area (Å²) < 4.78 is 0. The lowest BCUT2D eigenvalue weighted by Gasteiger charge is -2.06. The zero-order valence-corrected chi connectivity index (χ0v) is 9.63.